The lowest BCUT2D eigenvalue weighted by molar-refractivity contribution is 0.101. The number of anilines is 2. The van der Waals surface area contributed by atoms with E-state index < -0.39 is 15.7 Å². The Kier molecular flexibility index (Phi) is 3.73. The largest absolute Gasteiger partial charge is 0.395 e. The third kappa shape index (κ3) is 3.05. The first kappa shape index (κ1) is 15.0. The van der Waals surface area contributed by atoms with Crippen LogP contribution in [0.4, 0.5) is 11.4 Å². The number of hydrogen-bond donors (Lipinski definition) is 2. The highest BCUT2D eigenvalue weighted by atomic mass is 32.2. The van der Waals surface area contributed by atoms with Crippen LogP contribution in [0.2, 0.25) is 0 Å². The number of nitrogens with one attached hydrogen (secondary N) is 1. The number of carbonyl (C=O) groups is 1. The summed E-state index contributed by atoms with van der Waals surface area (Å²) in [5, 5.41) is 6.73. The van der Waals surface area contributed by atoms with Crippen LogP contribution in [0.3, 0.4) is 0 Å². The topological polar surface area (TPSA) is 107 Å². The normalized spacial score (nSPS) is 11.4. The maximum atomic E-state index is 12.2. The Hall–Kier alpha value is -2.35. The van der Waals surface area contributed by atoms with Crippen LogP contribution in [0, 0.1) is 6.92 Å². The fourth-order valence-corrected chi connectivity index (χ4v) is 2.55. The number of rotatable bonds is 3. The predicted molar refractivity (Wildman–Crippen MR) is 79.9 cm³/mol. The maximum absolute atomic E-state index is 12.2. The highest BCUT2D eigenvalue weighted by Crippen LogP contribution is 2.18. The maximum Gasteiger partial charge on any atom is 0.276 e. The first-order valence-electron chi connectivity index (χ1n) is 6.10. The molecule has 0 atom stereocenters. The zero-order valence-electron chi connectivity index (χ0n) is 11.9. The van der Waals surface area contributed by atoms with E-state index >= 15 is 0 Å². The smallest absolute Gasteiger partial charge is 0.276 e. The van der Waals surface area contributed by atoms with E-state index in [2.05, 4.69) is 10.4 Å². The van der Waals surface area contributed by atoms with Gasteiger partial charge in [0.15, 0.2) is 9.84 Å². The van der Waals surface area contributed by atoms with Crippen molar-refractivity contribution in [1.82, 2.24) is 9.78 Å². The molecule has 21 heavy (non-hydrogen) atoms. The lowest BCUT2D eigenvalue weighted by atomic mass is 10.2. The summed E-state index contributed by atoms with van der Waals surface area (Å²) in [7, 11) is -1.63. The van der Waals surface area contributed by atoms with Crippen LogP contribution in [0.5, 0.6) is 0 Å². The Labute approximate surface area is 122 Å². The lowest BCUT2D eigenvalue weighted by Gasteiger charge is -2.07. The second-order valence-electron chi connectivity index (χ2n) is 4.72. The van der Waals surface area contributed by atoms with Gasteiger partial charge in [0.2, 0.25) is 0 Å². The summed E-state index contributed by atoms with van der Waals surface area (Å²) in [4.78, 5) is 12.4. The van der Waals surface area contributed by atoms with Crippen LogP contribution in [0.25, 0.3) is 0 Å². The molecule has 1 aromatic heterocycles. The summed E-state index contributed by atoms with van der Waals surface area (Å²) in [6.45, 7) is 1.72. The zero-order chi connectivity index (χ0) is 15.8. The van der Waals surface area contributed by atoms with Crippen LogP contribution in [0.1, 0.15) is 16.2 Å². The van der Waals surface area contributed by atoms with Crippen molar-refractivity contribution in [2.75, 3.05) is 17.3 Å². The van der Waals surface area contributed by atoms with Crippen LogP contribution >= 0.6 is 0 Å². The van der Waals surface area contributed by atoms with Gasteiger partial charge in [0, 0.05) is 19.0 Å². The molecule has 0 spiro atoms. The molecule has 0 radical (unpaired) electrons. The summed E-state index contributed by atoms with van der Waals surface area (Å²) in [6, 6.07) is 5.91. The molecule has 0 aliphatic heterocycles. The summed E-state index contributed by atoms with van der Waals surface area (Å²) in [6.07, 6.45) is 1.12. The second-order valence-corrected chi connectivity index (χ2v) is 6.74. The number of sulfone groups is 1. The molecule has 0 bridgehead atoms. The van der Waals surface area contributed by atoms with E-state index in [-0.39, 0.29) is 10.6 Å². The fourth-order valence-electron chi connectivity index (χ4n) is 1.92. The minimum atomic E-state index is -3.26. The van der Waals surface area contributed by atoms with Gasteiger partial charge in [-0.3, -0.25) is 9.48 Å². The number of benzene rings is 1. The van der Waals surface area contributed by atoms with Crippen molar-refractivity contribution in [3.63, 3.8) is 0 Å². The molecule has 1 heterocycles. The molecule has 0 saturated heterocycles. The molecule has 8 heteroatoms. The van der Waals surface area contributed by atoms with E-state index in [9.17, 15) is 13.2 Å². The highest BCUT2D eigenvalue weighted by Gasteiger charge is 2.18. The van der Waals surface area contributed by atoms with Crippen LogP contribution < -0.4 is 11.1 Å². The van der Waals surface area contributed by atoms with E-state index in [0.29, 0.717) is 17.1 Å². The van der Waals surface area contributed by atoms with Gasteiger partial charge in [0.05, 0.1) is 16.3 Å². The molecular weight excluding hydrogens is 292 g/mol. The molecule has 0 unspecified atom stereocenters. The molecular formula is C13H16N4O3S. The minimum Gasteiger partial charge on any atom is -0.395 e. The Balaban J connectivity index is 2.24. The van der Waals surface area contributed by atoms with Gasteiger partial charge < -0.3 is 11.1 Å². The van der Waals surface area contributed by atoms with E-state index in [0.717, 1.165) is 6.26 Å². The molecule has 3 N–H and O–H groups in total. The van der Waals surface area contributed by atoms with E-state index in [1.807, 2.05) is 0 Å². The number of hydrogen-bond acceptors (Lipinski definition) is 5. The average Bonchev–Trinajstić information content (AvgIpc) is 2.62. The molecule has 2 aromatic rings. The number of nitrogens with zero attached hydrogens (tertiary/aromatic N) is 2. The van der Waals surface area contributed by atoms with Crippen molar-refractivity contribution < 1.29 is 13.2 Å². The van der Waals surface area contributed by atoms with Crippen molar-refractivity contribution in [2.45, 2.75) is 11.8 Å². The SMILES string of the molecule is Cc1nn(C)c(C(=O)Nc2ccc(S(C)(=O)=O)cc2)c1N. The summed E-state index contributed by atoms with van der Waals surface area (Å²) >= 11 is 0. The first-order valence-corrected chi connectivity index (χ1v) is 8.00. The third-order valence-corrected chi connectivity index (χ3v) is 4.15. The third-order valence-electron chi connectivity index (χ3n) is 3.02. The number of amides is 1. The fraction of sp³-hybridized carbons (Fsp3) is 0.231. The van der Waals surface area contributed by atoms with Gasteiger partial charge in [-0.2, -0.15) is 5.10 Å². The molecule has 112 valence electrons. The Morgan fingerprint density at radius 1 is 1.29 bits per heavy atom. The monoisotopic (exact) mass is 308 g/mol. The van der Waals surface area contributed by atoms with Crippen molar-refractivity contribution in [1.29, 1.82) is 0 Å². The quantitative estimate of drug-likeness (QED) is 0.878. The molecule has 0 fully saturated rings. The Bertz CT molecular complexity index is 792. The van der Waals surface area contributed by atoms with Gasteiger partial charge >= 0.3 is 0 Å². The number of nitrogens with two attached hydrogens (primary N) is 1. The molecule has 0 aliphatic rings. The molecule has 0 saturated carbocycles. The van der Waals surface area contributed by atoms with Gasteiger partial charge in [0.25, 0.3) is 5.91 Å². The van der Waals surface area contributed by atoms with Crippen molar-refractivity contribution in [3.05, 3.63) is 35.7 Å². The van der Waals surface area contributed by atoms with Crippen LogP contribution in [0.15, 0.2) is 29.2 Å². The standard InChI is InChI=1S/C13H16N4O3S/c1-8-11(14)12(17(2)16-8)13(18)15-9-4-6-10(7-5-9)21(3,19)20/h4-7H,14H2,1-3H3,(H,15,18). The number of aromatic nitrogens is 2. The number of carbonyl (C=O) groups excluding carboxylic acids is 1. The zero-order valence-corrected chi connectivity index (χ0v) is 12.7. The highest BCUT2D eigenvalue weighted by molar-refractivity contribution is 7.90. The second kappa shape index (κ2) is 5.21. The minimum absolute atomic E-state index is 0.191. The van der Waals surface area contributed by atoms with Gasteiger partial charge in [-0.25, -0.2) is 8.42 Å². The molecule has 1 amide bonds. The average molecular weight is 308 g/mol. The summed E-state index contributed by atoms with van der Waals surface area (Å²) in [5.41, 5.74) is 7.46. The van der Waals surface area contributed by atoms with Gasteiger partial charge in [-0.15, -0.1) is 0 Å². The molecule has 2 rings (SSSR count). The van der Waals surface area contributed by atoms with E-state index in [1.54, 1.807) is 14.0 Å². The van der Waals surface area contributed by atoms with Crippen LogP contribution in [-0.2, 0) is 16.9 Å². The summed E-state index contributed by atoms with van der Waals surface area (Å²) < 4.78 is 24.1. The van der Waals surface area contributed by atoms with Gasteiger partial charge in [-0.05, 0) is 31.2 Å². The first-order chi connectivity index (χ1) is 9.70. The van der Waals surface area contributed by atoms with Crippen molar-refractivity contribution >= 4 is 27.1 Å². The van der Waals surface area contributed by atoms with Crippen molar-refractivity contribution in [2.24, 2.45) is 7.05 Å². The Morgan fingerprint density at radius 3 is 2.29 bits per heavy atom. The Morgan fingerprint density at radius 2 is 1.86 bits per heavy atom. The molecule has 1 aromatic carbocycles. The number of nitrogen functional groups attached to an aromatic ring is 1. The molecule has 7 nitrogen and oxygen atoms in total. The lowest BCUT2D eigenvalue weighted by Crippen LogP contribution is -2.17. The van der Waals surface area contributed by atoms with E-state index in [1.165, 1.54) is 28.9 Å². The van der Waals surface area contributed by atoms with Gasteiger partial charge in [-0.1, -0.05) is 0 Å². The number of aryl methyl sites for hydroxylation is 2. The molecule has 0 aliphatic carbocycles. The predicted octanol–water partition coefficient (Wildman–Crippen LogP) is 0.967. The van der Waals surface area contributed by atoms with Gasteiger partial charge in [0.1, 0.15) is 5.69 Å². The van der Waals surface area contributed by atoms with Crippen molar-refractivity contribution in [3.8, 4) is 0 Å². The van der Waals surface area contributed by atoms with E-state index in [4.69, 9.17) is 5.73 Å². The summed E-state index contributed by atoms with van der Waals surface area (Å²) in [5.74, 6) is -0.400. The van der Waals surface area contributed by atoms with Crippen LogP contribution in [-0.4, -0.2) is 30.4 Å².